The molecule has 86 valence electrons. The monoisotopic (exact) mass is 220 g/mol. The van der Waals surface area contributed by atoms with Crippen molar-refractivity contribution in [2.75, 3.05) is 0 Å². The second kappa shape index (κ2) is 4.12. The molecule has 1 fully saturated rings. The quantitative estimate of drug-likeness (QED) is 0.768. The van der Waals surface area contributed by atoms with E-state index in [1.807, 2.05) is 32.9 Å². The third-order valence-corrected chi connectivity index (χ3v) is 2.88. The van der Waals surface area contributed by atoms with E-state index in [0.717, 1.165) is 5.56 Å². The molecule has 0 saturated carbocycles. The molecule has 1 amide bonds. The molecule has 0 N–H and O–H groups in total. The maximum atomic E-state index is 11.7. The summed E-state index contributed by atoms with van der Waals surface area (Å²) in [5.74, 6) is 0. The van der Waals surface area contributed by atoms with Gasteiger partial charge < -0.3 is 4.74 Å². The zero-order valence-corrected chi connectivity index (χ0v) is 9.75. The predicted octanol–water partition coefficient (Wildman–Crippen LogP) is 2.37. The van der Waals surface area contributed by atoms with Gasteiger partial charge in [0.1, 0.15) is 0 Å². The van der Waals surface area contributed by atoms with E-state index in [1.54, 1.807) is 17.3 Å². The smallest absolute Gasteiger partial charge is 0.411 e. The molecule has 1 saturated heterocycles. The lowest BCUT2D eigenvalue weighted by Gasteiger charge is -2.24. The van der Waals surface area contributed by atoms with Crippen LogP contribution in [0.3, 0.4) is 0 Å². The van der Waals surface area contributed by atoms with Gasteiger partial charge in [-0.15, -0.1) is 0 Å². The third kappa shape index (κ3) is 1.75. The molecule has 0 radical (unpaired) electrons. The molecule has 1 aromatic rings. The van der Waals surface area contributed by atoms with Crippen molar-refractivity contribution in [1.82, 2.24) is 9.88 Å². The van der Waals surface area contributed by atoms with Gasteiger partial charge in [-0.2, -0.15) is 0 Å². The Balaban J connectivity index is 2.24. The van der Waals surface area contributed by atoms with Gasteiger partial charge in [0, 0.05) is 24.0 Å². The van der Waals surface area contributed by atoms with E-state index in [-0.39, 0.29) is 24.3 Å². The summed E-state index contributed by atoms with van der Waals surface area (Å²) in [6, 6.07) is 4.00. The SMILES string of the molecule is CC(C)N1C(=O)O[C@H](c2cccnc2)[C@H]1C. The molecule has 16 heavy (non-hydrogen) atoms. The van der Waals surface area contributed by atoms with Crippen molar-refractivity contribution >= 4 is 6.09 Å². The molecular formula is C12H16N2O2. The predicted molar refractivity (Wildman–Crippen MR) is 59.9 cm³/mol. The maximum Gasteiger partial charge on any atom is 0.411 e. The van der Waals surface area contributed by atoms with Crippen LogP contribution in [-0.2, 0) is 4.74 Å². The second-order valence-electron chi connectivity index (χ2n) is 4.33. The van der Waals surface area contributed by atoms with Crippen molar-refractivity contribution in [3.63, 3.8) is 0 Å². The summed E-state index contributed by atoms with van der Waals surface area (Å²) in [5.41, 5.74) is 0.950. The summed E-state index contributed by atoms with van der Waals surface area (Å²) < 4.78 is 5.38. The Morgan fingerprint density at radius 3 is 2.75 bits per heavy atom. The Bertz CT molecular complexity index is 378. The van der Waals surface area contributed by atoms with E-state index in [9.17, 15) is 4.79 Å². The van der Waals surface area contributed by atoms with E-state index >= 15 is 0 Å². The summed E-state index contributed by atoms with van der Waals surface area (Å²) >= 11 is 0. The topological polar surface area (TPSA) is 42.4 Å². The fourth-order valence-corrected chi connectivity index (χ4v) is 2.15. The Labute approximate surface area is 95.2 Å². The van der Waals surface area contributed by atoms with Crippen LogP contribution in [0.1, 0.15) is 32.4 Å². The standard InChI is InChI=1S/C12H16N2O2/c1-8(2)14-9(3)11(16-12(14)15)10-5-4-6-13-7-10/h4-9,11H,1-3H3/t9-,11+/m1/s1. The van der Waals surface area contributed by atoms with Gasteiger partial charge in [0.25, 0.3) is 0 Å². The van der Waals surface area contributed by atoms with Gasteiger partial charge in [0.15, 0.2) is 6.10 Å². The number of aromatic nitrogens is 1. The lowest BCUT2D eigenvalue weighted by atomic mass is 10.0. The number of nitrogens with zero attached hydrogens (tertiary/aromatic N) is 2. The lowest BCUT2D eigenvalue weighted by molar-refractivity contribution is 0.128. The fraction of sp³-hybridized carbons (Fsp3) is 0.500. The van der Waals surface area contributed by atoms with Crippen LogP contribution in [-0.4, -0.2) is 28.1 Å². The molecule has 1 aliphatic rings. The first kappa shape index (κ1) is 10.9. The zero-order chi connectivity index (χ0) is 11.7. The summed E-state index contributed by atoms with van der Waals surface area (Å²) in [6.45, 7) is 5.98. The van der Waals surface area contributed by atoms with Crippen LogP contribution in [0, 0.1) is 0 Å². The summed E-state index contributed by atoms with van der Waals surface area (Å²) in [4.78, 5) is 17.5. The molecule has 2 rings (SSSR count). The van der Waals surface area contributed by atoms with E-state index < -0.39 is 0 Å². The van der Waals surface area contributed by atoms with Crippen LogP contribution < -0.4 is 0 Å². The molecule has 0 bridgehead atoms. The summed E-state index contributed by atoms with van der Waals surface area (Å²) in [5, 5.41) is 0. The van der Waals surface area contributed by atoms with Gasteiger partial charge in [-0.25, -0.2) is 4.79 Å². The minimum absolute atomic E-state index is 0.0525. The lowest BCUT2D eigenvalue weighted by Crippen LogP contribution is -2.37. The average molecular weight is 220 g/mol. The average Bonchev–Trinajstić information content (AvgIpc) is 2.55. The van der Waals surface area contributed by atoms with E-state index in [4.69, 9.17) is 4.74 Å². The first-order valence-electron chi connectivity index (χ1n) is 5.50. The number of hydrogen-bond acceptors (Lipinski definition) is 3. The zero-order valence-electron chi connectivity index (χ0n) is 9.75. The molecule has 4 nitrogen and oxygen atoms in total. The fourth-order valence-electron chi connectivity index (χ4n) is 2.15. The number of pyridine rings is 1. The normalized spacial score (nSPS) is 25.0. The molecule has 2 atom stereocenters. The van der Waals surface area contributed by atoms with Gasteiger partial charge >= 0.3 is 6.09 Å². The molecule has 4 heteroatoms. The van der Waals surface area contributed by atoms with Gasteiger partial charge in [-0.3, -0.25) is 9.88 Å². The Hall–Kier alpha value is -1.58. The molecule has 0 unspecified atom stereocenters. The van der Waals surface area contributed by atoms with Crippen molar-refractivity contribution in [2.45, 2.75) is 39.0 Å². The van der Waals surface area contributed by atoms with Gasteiger partial charge in [-0.05, 0) is 26.8 Å². The van der Waals surface area contributed by atoms with Crippen molar-refractivity contribution in [2.24, 2.45) is 0 Å². The van der Waals surface area contributed by atoms with Crippen LogP contribution in [0.15, 0.2) is 24.5 Å². The molecule has 0 spiro atoms. The molecule has 2 heterocycles. The summed E-state index contributed by atoms with van der Waals surface area (Å²) in [7, 11) is 0. The summed E-state index contributed by atoms with van der Waals surface area (Å²) in [6.07, 6.45) is 3.02. The minimum atomic E-state index is -0.239. The van der Waals surface area contributed by atoms with Crippen LogP contribution in [0.4, 0.5) is 4.79 Å². The molecule has 0 aromatic carbocycles. The first-order chi connectivity index (χ1) is 7.61. The van der Waals surface area contributed by atoms with Crippen LogP contribution in [0.25, 0.3) is 0 Å². The van der Waals surface area contributed by atoms with E-state index in [1.165, 1.54) is 0 Å². The van der Waals surface area contributed by atoms with E-state index in [0.29, 0.717) is 0 Å². The largest absolute Gasteiger partial charge is 0.439 e. The van der Waals surface area contributed by atoms with Crippen molar-refractivity contribution in [3.05, 3.63) is 30.1 Å². The Morgan fingerprint density at radius 2 is 2.25 bits per heavy atom. The number of carbonyl (C=O) groups excluding carboxylic acids is 1. The number of cyclic esters (lactones) is 1. The number of ether oxygens (including phenoxy) is 1. The third-order valence-electron chi connectivity index (χ3n) is 2.88. The Morgan fingerprint density at radius 1 is 1.50 bits per heavy atom. The molecule has 1 aliphatic heterocycles. The van der Waals surface area contributed by atoms with Gasteiger partial charge in [-0.1, -0.05) is 6.07 Å². The highest BCUT2D eigenvalue weighted by Crippen LogP contribution is 2.32. The van der Waals surface area contributed by atoms with Crippen LogP contribution in [0.5, 0.6) is 0 Å². The highest BCUT2D eigenvalue weighted by Gasteiger charge is 2.40. The van der Waals surface area contributed by atoms with Crippen LogP contribution >= 0.6 is 0 Å². The van der Waals surface area contributed by atoms with E-state index in [2.05, 4.69) is 4.98 Å². The molecule has 0 aliphatic carbocycles. The number of rotatable bonds is 2. The maximum absolute atomic E-state index is 11.7. The first-order valence-corrected chi connectivity index (χ1v) is 5.50. The second-order valence-corrected chi connectivity index (χ2v) is 4.33. The van der Waals surface area contributed by atoms with Crippen molar-refractivity contribution in [1.29, 1.82) is 0 Å². The number of amides is 1. The Kier molecular flexibility index (Phi) is 2.81. The van der Waals surface area contributed by atoms with Crippen LogP contribution in [0.2, 0.25) is 0 Å². The van der Waals surface area contributed by atoms with Gasteiger partial charge in [0.05, 0.1) is 6.04 Å². The molecular weight excluding hydrogens is 204 g/mol. The van der Waals surface area contributed by atoms with Crippen molar-refractivity contribution in [3.8, 4) is 0 Å². The molecule has 1 aromatic heterocycles. The number of hydrogen-bond donors (Lipinski definition) is 0. The highest BCUT2D eigenvalue weighted by molar-refractivity contribution is 5.71. The van der Waals surface area contributed by atoms with Crippen molar-refractivity contribution < 1.29 is 9.53 Å². The highest BCUT2D eigenvalue weighted by atomic mass is 16.6. The minimum Gasteiger partial charge on any atom is -0.439 e. The van der Waals surface area contributed by atoms with Gasteiger partial charge in [0.2, 0.25) is 0 Å². The number of carbonyl (C=O) groups is 1.